The van der Waals surface area contributed by atoms with Crippen molar-refractivity contribution in [2.24, 2.45) is 4.99 Å². The maximum Gasteiger partial charge on any atom is 0.410 e. The van der Waals surface area contributed by atoms with Crippen molar-refractivity contribution in [2.45, 2.75) is 51.7 Å². The molecular formula is C19H37N5O3. The summed E-state index contributed by atoms with van der Waals surface area (Å²) in [5.41, 5.74) is -0.434. The highest BCUT2D eigenvalue weighted by Crippen LogP contribution is 2.12. The lowest BCUT2D eigenvalue weighted by Crippen LogP contribution is -2.50. The summed E-state index contributed by atoms with van der Waals surface area (Å²) < 4.78 is 11.1. The van der Waals surface area contributed by atoms with E-state index in [1.807, 2.05) is 20.8 Å². The maximum atomic E-state index is 12.1. The molecule has 2 rings (SSSR count). The molecule has 1 amide bonds. The van der Waals surface area contributed by atoms with E-state index in [1.165, 1.54) is 0 Å². The van der Waals surface area contributed by atoms with Crippen LogP contribution >= 0.6 is 0 Å². The van der Waals surface area contributed by atoms with E-state index in [4.69, 9.17) is 9.47 Å². The number of ether oxygens (including phenoxy) is 2. The van der Waals surface area contributed by atoms with Crippen molar-refractivity contribution >= 4 is 12.1 Å². The van der Waals surface area contributed by atoms with Gasteiger partial charge in [0.2, 0.25) is 0 Å². The van der Waals surface area contributed by atoms with Crippen molar-refractivity contribution in [1.82, 2.24) is 20.4 Å². The number of carbonyl (C=O) groups is 1. The van der Waals surface area contributed by atoms with Crippen LogP contribution in [0.4, 0.5) is 4.79 Å². The molecule has 0 radical (unpaired) electrons. The minimum atomic E-state index is -0.434. The lowest BCUT2D eigenvalue weighted by molar-refractivity contribution is 0.0145. The molecule has 2 aliphatic heterocycles. The lowest BCUT2D eigenvalue weighted by Gasteiger charge is -2.35. The summed E-state index contributed by atoms with van der Waals surface area (Å²) >= 11 is 0. The fourth-order valence-electron chi connectivity index (χ4n) is 3.23. The molecule has 0 aromatic carbocycles. The molecular weight excluding hydrogens is 346 g/mol. The van der Waals surface area contributed by atoms with Gasteiger partial charge in [0, 0.05) is 52.9 Å². The third-order valence-corrected chi connectivity index (χ3v) is 4.71. The van der Waals surface area contributed by atoms with Gasteiger partial charge >= 0.3 is 6.09 Å². The summed E-state index contributed by atoms with van der Waals surface area (Å²) in [6, 6.07) is 0. The molecule has 156 valence electrons. The number of aliphatic imine (C=N–C) groups is 1. The highest BCUT2D eigenvalue weighted by atomic mass is 16.6. The summed E-state index contributed by atoms with van der Waals surface area (Å²) in [6.07, 6.45) is 3.42. The summed E-state index contributed by atoms with van der Waals surface area (Å²) in [5, 5.41) is 6.69. The Bertz CT molecular complexity index is 478. The molecule has 2 aliphatic rings. The molecule has 0 aliphatic carbocycles. The number of carbonyl (C=O) groups excluding carboxylic acids is 1. The van der Waals surface area contributed by atoms with Crippen LogP contribution in [0, 0.1) is 0 Å². The fourth-order valence-corrected chi connectivity index (χ4v) is 3.23. The average molecular weight is 384 g/mol. The monoisotopic (exact) mass is 383 g/mol. The van der Waals surface area contributed by atoms with Crippen LogP contribution in [0.1, 0.15) is 40.0 Å². The van der Waals surface area contributed by atoms with E-state index in [2.05, 4.69) is 20.5 Å². The van der Waals surface area contributed by atoms with Gasteiger partial charge in [-0.25, -0.2) is 4.79 Å². The van der Waals surface area contributed by atoms with Gasteiger partial charge in [-0.05, 0) is 46.6 Å². The van der Waals surface area contributed by atoms with Crippen LogP contribution in [-0.2, 0) is 9.47 Å². The molecule has 8 nitrogen and oxygen atoms in total. The normalized spacial score (nSPS) is 22.0. The number of guanidine groups is 1. The van der Waals surface area contributed by atoms with E-state index in [1.54, 1.807) is 11.9 Å². The molecule has 0 saturated carbocycles. The molecule has 0 bridgehead atoms. The lowest BCUT2D eigenvalue weighted by atomic mass is 10.2. The Kier molecular flexibility index (Phi) is 8.63. The molecule has 8 heteroatoms. The number of hydrogen-bond acceptors (Lipinski definition) is 5. The minimum Gasteiger partial charge on any atom is -0.444 e. The van der Waals surface area contributed by atoms with Gasteiger partial charge in [-0.2, -0.15) is 0 Å². The maximum absolute atomic E-state index is 12.1. The first kappa shape index (κ1) is 21.8. The first-order valence-corrected chi connectivity index (χ1v) is 10.1. The van der Waals surface area contributed by atoms with E-state index >= 15 is 0 Å². The summed E-state index contributed by atoms with van der Waals surface area (Å²) in [7, 11) is 1.79. The van der Waals surface area contributed by atoms with Crippen LogP contribution in [0.2, 0.25) is 0 Å². The third kappa shape index (κ3) is 8.34. The Morgan fingerprint density at radius 3 is 2.56 bits per heavy atom. The van der Waals surface area contributed by atoms with Crippen molar-refractivity contribution in [1.29, 1.82) is 0 Å². The van der Waals surface area contributed by atoms with Gasteiger partial charge in [0.15, 0.2) is 5.96 Å². The van der Waals surface area contributed by atoms with Gasteiger partial charge < -0.3 is 25.0 Å². The van der Waals surface area contributed by atoms with Crippen LogP contribution in [0.25, 0.3) is 0 Å². The third-order valence-electron chi connectivity index (χ3n) is 4.71. The van der Waals surface area contributed by atoms with E-state index < -0.39 is 5.60 Å². The van der Waals surface area contributed by atoms with Crippen LogP contribution in [0.15, 0.2) is 4.99 Å². The minimum absolute atomic E-state index is 0.204. The standard InChI is InChI=1S/C19H37N5O3/c1-19(2,3)27-18(25)24-12-10-23(11-13-24)9-6-8-21-17(20-4)22-15-16-7-5-14-26-16/h16H,5-15H2,1-4H3,(H2,20,21,22). The second kappa shape index (κ2) is 10.7. The highest BCUT2D eigenvalue weighted by molar-refractivity contribution is 5.79. The quantitative estimate of drug-likeness (QED) is 0.409. The summed E-state index contributed by atoms with van der Waals surface area (Å²) in [6.45, 7) is 12.5. The Morgan fingerprint density at radius 2 is 1.96 bits per heavy atom. The van der Waals surface area contributed by atoms with Gasteiger partial charge in [-0.1, -0.05) is 0 Å². The van der Waals surface area contributed by atoms with Crippen molar-refractivity contribution in [3.63, 3.8) is 0 Å². The Morgan fingerprint density at radius 1 is 1.22 bits per heavy atom. The zero-order valence-electron chi connectivity index (χ0n) is 17.4. The molecule has 0 aromatic rings. The second-order valence-corrected chi connectivity index (χ2v) is 8.18. The first-order chi connectivity index (χ1) is 12.9. The van der Waals surface area contributed by atoms with Gasteiger partial charge in [0.25, 0.3) is 0 Å². The van der Waals surface area contributed by atoms with Crippen molar-refractivity contribution in [3.05, 3.63) is 0 Å². The molecule has 1 atom stereocenters. The summed E-state index contributed by atoms with van der Waals surface area (Å²) in [5.74, 6) is 0.834. The van der Waals surface area contributed by atoms with Crippen molar-refractivity contribution < 1.29 is 14.3 Å². The van der Waals surface area contributed by atoms with Crippen molar-refractivity contribution in [2.75, 3.05) is 59.5 Å². The van der Waals surface area contributed by atoms with Gasteiger partial charge in [0.1, 0.15) is 5.60 Å². The molecule has 2 fully saturated rings. The number of hydrogen-bond donors (Lipinski definition) is 2. The molecule has 2 N–H and O–H groups in total. The molecule has 27 heavy (non-hydrogen) atoms. The van der Waals surface area contributed by atoms with E-state index in [-0.39, 0.29) is 6.09 Å². The Balaban J connectivity index is 1.55. The topological polar surface area (TPSA) is 78.4 Å². The molecule has 2 heterocycles. The largest absolute Gasteiger partial charge is 0.444 e. The first-order valence-electron chi connectivity index (χ1n) is 10.1. The number of piperazine rings is 1. The second-order valence-electron chi connectivity index (χ2n) is 8.18. The van der Waals surface area contributed by atoms with E-state index in [0.717, 1.165) is 77.6 Å². The van der Waals surface area contributed by atoms with Crippen molar-refractivity contribution in [3.8, 4) is 0 Å². The van der Waals surface area contributed by atoms with E-state index in [9.17, 15) is 4.79 Å². The Labute approximate surface area is 163 Å². The zero-order valence-corrected chi connectivity index (χ0v) is 17.4. The predicted molar refractivity (Wildman–Crippen MR) is 107 cm³/mol. The zero-order chi connectivity index (χ0) is 19.7. The van der Waals surface area contributed by atoms with Gasteiger partial charge in [-0.15, -0.1) is 0 Å². The van der Waals surface area contributed by atoms with Crippen LogP contribution < -0.4 is 10.6 Å². The fraction of sp³-hybridized carbons (Fsp3) is 0.895. The SMILES string of the molecule is CN=C(NCCCN1CCN(C(=O)OC(C)(C)C)CC1)NCC1CCCO1. The molecule has 2 saturated heterocycles. The smallest absolute Gasteiger partial charge is 0.410 e. The number of amides is 1. The van der Waals surface area contributed by atoms with Crippen LogP contribution in [0.5, 0.6) is 0 Å². The van der Waals surface area contributed by atoms with E-state index in [0.29, 0.717) is 6.10 Å². The average Bonchev–Trinajstić information content (AvgIpc) is 3.13. The highest BCUT2D eigenvalue weighted by Gasteiger charge is 2.25. The predicted octanol–water partition coefficient (Wildman–Crippen LogP) is 1.27. The van der Waals surface area contributed by atoms with Gasteiger partial charge in [0.05, 0.1) is 6.10 Å². The van der Waals surface area contributed by atoms with Gasteiger partial charge in [-0.3, -0.25) is 9.89 Å². The number of nitrogens with one attached hydrogen (secondary N) is 2. The molecule has 0 aromatic heterocycles. The molecule has 0 spiro atoms. The number of nitrogens with zero attached hydrogens (tertiary/aromatic N) is 3. The van der Waals surface area contributed by atoms with Crippen LogP contribution in [0.3, 0.4) is 0 Å². The summed E-state index contributed by atoms with van der Waals surface area (Å²) in [4.78, 5) is 20.5. The number of rotatable bonds is 6. The van der Waals surface area contributed by atoms with Crippen LogP contribution in [-0.4, -0.2) is 93.0 Å². The molecule has 1 unspecified atom stereocenters. The Hall–Kier alpha value is -1.54.